The number of alkyl halides is 3. The quantitative estimate of drug-likeness (QED) is 0.943. The van der Waals surface area contributed by atoms with Crippen LogP contribution in [0.25, 0.3) is 0 Å². The molecule has 2 aromatic carbocycles. The highest BCUT2D eigenvalue weighted by Gasteiger charge is 2.30. The Bertz CT molecular complexity index is 699. The van der Waals surface area contributed by atoms with Gasteiger partial charge in [-0.05, 0) is 36.4 Å². The summed E-state index contributed by atoms with van der Waals surface area (Å²) in [5.74, 6) is -1.16. The van der Waals surface area contributed by atoms with Gasteiger partial charge >= 0.3 is 6.18 Å². The predicted molar refractivity (Wildman–Crippen MR) is 72.1 cm³/mol. The van der Waals surface area contributed by atoms with Crippen LogP contribution in [0.15, 0.2) is 42.5 Å². The van der Waals surface area contributed by atoms with E-state index >= 15 is 0 Å². The third kappa shape index (κ3) is 3.49. The number of anilines is 2. The number of aromatic carboxylic acids is 1. The van der Waals surface area contributed by atoms with Gasteiger partial charge in [0.2, 0.25) is 0 Å². The molecule has 22 heavy (non-hydrogen) atoms. The predicted octanol–water partition coefficient (Wildman–Crippen LogP) is 2.82. The number of carboxylic acid groups (broad SMARTS) is 1. The second-order valence-corrected chi connectivity index (χ2v) is 4.40. The van der Waals surface area contributed by atoms with Gasteiger partial charge in [-0.2, -0.15) is 13.2 Å². The van der Waals surface area contributed by atoms with E-state index in [4.69, 9.17) is 4.74 Å². The maximum atomic E-state index is 12.7. The molecule has 0 saturated carbocycles. The molecule has 7 heteroatoms. The minimum absolute atomic E-state index is 0.111. The molecule has 1 N–H and O–H groups in total. The van der Waals surface area contributed by atoms with Crippen molar-refractivity contribution in [1.29, 1.82) is 0 Å². The van der Waals surface area contributed by atoms with E-state index in [1.165, 1.54) is 37.4 Å². The molecule has 0 amide bonds. The average Bonchev–Trinajstić information content (AvgIpc) is 2.47. The molecule has 0 heterocycles. The zero-order valence-corrected chi connectivity index (χ0v) is 11.4. The van der Waals surface area contributed by atoms with E-state index in [2.05, 4.69) is 5.32 Å². The second kappa shape index (κ2) is 5.97. The normalized spacial score (nSPS) is 11.1. The summed E-state index contributed by atoms with van der Waals surface area (Å²) in [5.41, 5.74) is -0.819. The van der Waals surface area contributed by atoms with Crippen molar-refractivity contribution < 1.29 is 27.8 Å². The largest absolute Gasteiger partial charge is 0.545 e. The molecule has 0 aliphatic carbocycles. The first kappa shape index (κ1) is 15.7. The number of ether oxygens (including phenoxy) is 1. The van der Waals surface area contributed by atoms with Crippen molar-refractivity contribution in [1.82, 2.24) is 0 Å². The number of benzene rings is 2. The number of hydrogen-bond acceptors (Lipinski definition) is 4. The number of rotatable bonds is 4. The van der Waals surface area contributed by atoms with Gasteiger partial charge < -0.3 is 20.0 Å². The van der Waals surface area contributed by atoms with E-state index in [9.17, 15) is 23.1 Å². The lowest BCUT2D eigenvalue weighted by atomic mass is 10.1. The number of hydrogen-bond donors (Lipinski definition) is 1. The van der Waals surface area contributed by atoms with Crippen molar-refractivity contribution in [3.05, 3.63) is 53.6 Å². The van der Waals surface area contributed by atoms with Crippen LogP contribution in [0.1, 0.15) is 15.9 Å². The van der Waals surface area contributed by atoms with E-state index in [-0.39, 0.29) is 16.9 Å². The van der Waals surface area contributed by atoms with Crippen LogP contribution in [0.3, 0.4) is 0 Å². The minimum Gasteiger partial charge on any atom is -0.545 e. The lowest BCUT2D eigenvalue weighted by molar-refractivity contribution is -0.254. The van der Waals surface area contributed by atoms with Crippen molar-refractivity contribution >= 4 is 17.3 Å². The summed E-state index contributed by atoms with van der Waals surface area (Å²) in [5, 5.41) is 13.8. The van der Waals surface area contributed by atoms with E-state index in [0.717, 1.165) is 12.1 Å². The maximum absolute atomic E-state index is 12.7. The van der Waals surface area contributed by atoms with Crippen LogP contribution in [0.4, 0.5) is 24.5 Å². The second-order valence-electron chi connectivity index (χ2n) is 4.40. The molecule has 0 aliphatic rings. The number of nitrogens with one attached hydrogen (secondary N) is 1. The van der Waals surface area contributed by atoms with Crippen molar-refractivity contribution in [2.45, 2.75) is 6.18 Å². The summed E-state index contributed by atoms with van der Waals surface area (Å²) >= 11 is 0. The Morgan fingerprint density at radius 1 is 1.18 bits per heavy atom. The molecule has 0 bridgehead atoms. The Hall–Kier alpha value is -2.70. The molecule has 0 spiro atoms. The molecular formula is C15H11F3NO3-. The number of carboxylic acids is 1. The maximum Gasteiger partial charge on any atom is 0.416 e. The molecule has 0 unspecified atom stereocenters. The molecule has 2 rings (SSSR count). The van der Waals surface area contributed by atoms with Crippen LogP contribution < -0.4 is 15.2 Å². The Kier molecular flexibility index (Phi) is 4.25. The van der Waals surface area contributed by atoms with Crippen LogP contribution in [0, 0.1) is 0 Å². The van der Waals surface area contributed by atoms with Crippen molar-refractivity contribution in [3.63, 3.8) is 0 Å². The Labute approximate surface area is 124 Å². The van der Waals surface area contributed by atoms with Crippen LogP contribution >= 0.6 is 0 Å². The van der Waals surface area contributed by atoms with Gasteiger partial charge in [0.05, 0.1) is 18.6 Å². The van der Waals surface area contributed by atoms with Gasteiger partial charge in [0.1, 0.15) is 5.75 Å². The molecule has 0 atom stereocenters. The molecule has 4 nitrogen and oxygen atoms in total. The number of carbonyl (C=O) groups excluding carboxylic acids is 1. The highest BCUT2D eigenvalue weighted by molar-refractivity contribution is 5.94. The Morgan fingerprint density at radius 3 is 2.50 bits per heavy atom. The summed E-state index contributed by atoms with van der Waals surface area (Å²) in [6.45, 7) is 0. The number of carbonyl (C=O) groups is 1. The van der Waals surface area contributed by atoms with Crippen molar-refractivity contribution in [3.8, 4) is 5.75 Å². The van der Waals surface area contributed by atoms with E-state index in [1.54, 1.807) is 0 Å². The van der Waals surface area contributed by atoms with Gasteiger partial charge in [-0.25, -0.2) is 0 Å². The Morgan fingerprint density at radius 2 is 1.91 bits per heavy atom. The summed E-state index contributed by atoms with van der Waals surface area (Å²) < 4.78 is 42.9. The minimum atomic E-state index is -4.48. The molecule has 0 fully saturated rings. The number of methoxy groups -OCH3 is 1. The van der Waals surface area contributed by atoms with Gasteiger partial charge in [-0.3, -0.25) is 0 Å². The zero-order chi connectivity index (χ0) is 16.3. The molecule has 2 aromatic rings. The first-order valence-electron chi connectivity index (χ1n) is 6.15. The average molecular weight is 310 g/mol. The highest BCUT2D eigenvalue weighted by Crippen LogP contribution is 2.32. The van der Waals surface area contributed by atoms with Crippen molar-refractivity contribution in [2.24, 2.45) is 0 Å². The fourth-order valence-electron chi connectivity index (χ4n) is 1.86. The zero-order valence-electron chi connectivity index (χ0n) is 11.4. The Balaban J connectivity index is 2.37. The summed E-state index contributed by atoms with van der Waals surface area (Å²) in [7, 11) is 1.37. The summed E-state index contributed by atoms with van der Waals surface area (Å²) in [4.78, 5) is 11.1. The standard InChI is InChI=1S/C15H12F3NO3/c1-22-11-5-6-13(12(8-11)14(20)21)19-10-4-2-3-9(7-10)15(16,17)18/h2-8,19H,1H3,(H,20,21)/p-1. The van der Waals surface area contributed by atoms with Gasteiger partial charge in [0.25, 0.3) is 0 Å². The SMILES string of the molecule is COc1ccc(Nc2cccc(C(F)(F)F)c2)c(C(=O)[O-])c1. The lowest BCUT2D eigenvalue weighted by Gasteiger charge is -2.15. The third-order valence-corrected chi connectivity index (χ3v) is 2.92. The molecule has 0 aliphatic heterocycles. The van der Waals surface area contributed by atoms with E-state index < -0.39 is 17.7 Å². The van der Waals surface area contributed by atoms with Crippen LogP contribution in [-0.2, 0) is 6.18 Å². The molecule has 0 aromatic heterocycles. The van der Waals surface area contributed by atoms with Crippen LogP contribution in [0.2, 0.25) is 0 Å². The highest BCUT2D eigenvalue weighted by atomic mass is 19.4. The third-order valence-electron chi connectivity index (χ3n) is 2.92. The topological polar surface area (TPSA) is 61.4 Å². The smallest absolute Gasteiger partial charge is 0.416 e. The summed E-state index contributed by atoms with van der Waals surface area (Å²) in [6, 6.07) is 8.56. The van der Waals surface area contributed by atoms with E-state index in [1.807, 2.05) is 0 Å². The fraction of sp³-hybridized carbons (Fsp3) is 0.133. The van der Waals surface area contributed by atoms with Crippen LogP contribution in [-0.4, -0.2) is 13.1 Å². The fourth-order valence-corrected chi connectivity index (χ4v) is 1.86. The van der Waals surface area contributed by atoms with E-state index in [0.29, 0.717) is 5.75 Å². The lowest BCUT2D eigenvalue weighted by Crippen LogP contribution is -2.23. The number of halogens is 3. The first-order chi connectivity index (χ1) is 10.3. The van der Waals surface area contributed by atoms with Gasteiger partial charge in [-0.15, -0.1) is 0 Å². The molecule has 0 saturated heterocycles. The monoisotopic (exact) mass is 310 g/mol. The van der Waals surface area contributed by atoms with Gasteiger partial charge in [0.15, 0.2) is 0 Å². The van der Waals surface area contributed by atoms with Crippen LogP contribution in [0.5, 0.6) is 5.75 Å². The van der Waals surface area contributed by atoms with Crippen molar-refractivity contribution in [2.75, 3.05) is 12.4 Å². The first-order valence-corrected chi connectivity index (χ1v) is 6.15. The van der Waals surface area contributed by atoms with Gasteiger partial charge in [-0.1, -0.05) is 6.07 Å². The summed E-state index contributed by atoms with van der Waals surface area (Å²) in [6.07, 6.45) is -4.48. The molecular weight excluding hydrogens is 299 g/mol. The van der Waals surface area contributed by atoms with Gasteiger partial charge in [0, 0.05) is 16.9 Å². The molecule has 116 valence electrons. The molecule has 0 radical (unpaired) electrons.